The minimum absolute atomic E-state index is 0.194. The molecule has 0 atom stereocenters. The lowest BCUT2D eigenvalue weighted by molar-refractivity contribution is 0.430. The van der Waals surface area contributed by atoms with Gasteiger partial charge >= 0.3 is 0 Å². The molecule has 0 aliphatic heterocycles. The standard InChI is InChI=1S/C13H10N4O2/c1-8-9(3-2-4-11(8)18)13-16-12(17-19-13)10-5-6-14-7-15-10/h2-7,18H,1H3. The quantitative estimate of drug-likeness (QED) is 0.754. The molecule has 0 amide bonds. The molecule has 0 saturated heterocycles. The van der Waals surface area contributed by atoms with Crippen molar-refractivity contribution in [3.8, 4) is 28.7 Å². The second-order valence-corrected chi connectivity index (χ2v) is 3.97. The van der Waals surface area contributed by atoms with Gasteiger partial charge in [0.25, 0.3) is 5.89 Å². The molecule has 3 aromatic rings. The van der Waals surface area contributed by atoms with E-state index >= 15 is 0 Å². The summed E-state index contributed by atoms with van der Waals surface area (Å²) in [5.74, 6) is 0.932. The van der Waals surface area contributed by atoms with E-state index in [1.165, 1.54) is 6.33 Å². The number of hydrogen-bond acceptors (Lipinski definition) is 6. The number of hydrogen-bond donors (Lipinski definition) is 1. The summed E-state index contributed by atoms with van der Waals surface area (Å²) in [6, 6.07) is 6.85. The molecule has 2 aromatic heterocycles. The van der Waals surface area contributed by atoms with E-state index in [1.807, 2.05) is 6.07 Å². The van der Waals surface area contributed by atoms with Crippen molar-refractivity contribution in [1.82, 2.24) is 20.1 Å². The van der Waals surface area contributed by atoms with Crippen molar-refractivity contribution in [1.29, 1.82) is 0 Å². The zero-order valence-corrected chi connectivity index (χ0v) is 10.1. The smallest absolute Gasteiger partial charge is 0.258 e. The Morgan fingerprint density at radius 2 is 2.11 bits per heavy atom. The van der Waals surface area contributed by atoms with Crippen LogP contribution in [0.15, 0.2) is 41.3 Å². The number of rotatable bonds is 2. The molecule has 0 aliphatic carbocycles. The van der Waals surface area contributed by atoms with Crippen LogP contribution < -0.4 is 0 Å². The maximum absolute atomic E-state index is 9.67. The first-order valence-electron chi connectivity index (χ1n) is 5.65. The number of phenols is 1. The Kier molecular flexibility index (Phi) is 2.68. The van der Waals surface area contributed by atoms with Gasteiger partial charge in [0.2, 0.25) is 5.82 Å². The Morgan fingerprint density at radius 1 is 1.21 bits per heavy atom. The highest BCUT2D eigenvalue weighted by Gasteiger charge is 2.14. The Labute approximate surface area is 108 Å². The zero-order valence-electron chi connectivity index (χ0n) is 10.1. The van der Waals surface area contributed by atoms with Gasteiger partial charge in [-0.3, -0.25) is 0 Å². The van der Waals surface area contributed by atoms with Gasteiger partial charge in [0.05, 0.1) is 0 Å². The molecule has 0 unspecified atom stereocenters. The number of nitrogens with zero attached hydrogens (tertiary/aromatic N) is 4. The van der Waals surface area contributed by atoms with Crippen LogP contribution in [0.1, 0.15) is 5.56 Å². The summed E-state index contributed by atoms with van der Waals surface area (Å²) in [5, 5.41) is 13.6. The largest absolute Gasteiger partial charge is 0.508 e. The van der Waals surface area contributed by atoms with Crippen molar-refractivity contribution < 1.29 is 9.63 Å². The van der Waals surface area contributed by atoms with Crippen LogP contribution in [0.3, 0.4) is 0 Å². The van der Waals surface area contributed by atoms with Crippen LogP contribution in [-0.2, 0) is 0 Å². The van der Waals surface area contributed by atoms with Crippen molar-refractivity contribution in [2.24, 2.45) is 0 Å². The van der Waals surface area contributed by atoms with Gasteiger partial charge in [-0.1, -0.05) is 11.2 Å². The number of benzene rings is 1. The third kappa shape index (κ3) is 2.03. The summed E-state index contributed by atoms with van der Waals surface area (Å²) in [6.07, 6.45) is 3.03. The van der Waals surface area contributed by atoms with E-state index in [1.54, 1.807) is 31.3 Å². The molecule has 0 radical (unpaired) electrons. The van der Waals surface area contributed by atoms with Gasteiger partial charge in [0.1, 0.15) is 17.8 Å². The van der Waals surface area contributed by atoms with Crippen molar-refractivity contribution >= 4 is 0 Å². The topological polar surface area (TPSA) is 84.9 Å². The van der Waals surface area contributed by atoms with E-state index in [2.05, 4.69) is 20.1 Å². The van der Waals surface area contributed by atoms with E-state index in [-0.39, 0.29) is 5.75 Å². The fourth-order valence-electron chi connectivity index (χ4n) is 1.72. The van der Waals surface area contributed by atoms with E-state index < -0.39 is 0 Å². The Balaban J connectivity index is 2.05. The highest BCUT2D eigenvalue weighted by Crippen LogP contribution is 2.28. The molecule has 94 valence electrons. The zero-order chi connectivity index (χ0) is 13.2. The van der Waals surface area contributed by atoms with Crippen LogP contribution in [-0.4, -0.2) is 25.2 Å². The summed E-state index contributed by atoms with van der Waals surface area (Å²) in [6.45, 7) is 1.79. The first-order chi connectivity index (χ1) is 9.25. The lowest BCUT2D eigenvalue weighted by atomic mass is 10.1. The summed E-state index contributed by atoms with van der Waals surface area (Å²) in [4.78, 5) is 12.2. The summed E-state index contributed by atoms with van der Waals surface area (Å²) < 4.78 is 5.21. The highest BCUT2D eigenvalue weighted by atomic mass is 16.5. The Bertz CT molecular complexity index is 710. The van der Waals surface area contributed by atoms with Gasteiger partial charge in [-0.2, -0.15) is 4.98 Å². The summed E-state index contributed by atoms with van der Waals surface area (Å²) in [5.41, 5.74) is 1.98. The molecular weight excluding hydrogens is 244 g/mol. The first-order valence-corrected chi connectivity index (χ1v) is 5.65. The third-order valence-electron chi connectivity index (χ3n) is 2.77. The minimum Gasteiger partial charge on any atom is -0.508 e. The first kappa shape index (κ1) is 11.3. The van der Waals surface area contributed by atoms with E-state index in [0.717, 1.165) is 0 Å². The predicted octanol–water partition coefficient (Wildman–Crippen LogP) is 2.21. The van der Waals surface area contributed by atoms with Gasteiger partial charge < -0.3 is 9.63 Å². The predicted molar refractivity (Wildman–Crippen MR) is 67.2 cm³/mol. The molecule has 0 fully saturated rings. The fraction of sp³-hybridized carbons (Fsp3) is 0.0769. The van der Waals surface area contributed by atoms with Crippen LogP contribution in [0.2, 0.25) is 0 Å². The van der Waals surface area contributed by atoms with Gasteiger partial charge in [-0.25, -0.2) is 9.97 Å². The second-order valence-electron chi connectivity index (χ2n) is 3.97. The van der Waals surface area contributed by atoms with Crippen molar-refractivity contribution in [2.75, 3.05) is 0 Å². The molecule has 0 saturated carbocycles. The van der Waals surface area contributed by atoms with E-state index in [0.29, 0.717) is 28.5 Å². The molecular formula is C13H10N4O2. The summed E-state index contributed by atoms with van der Waals surface area (Å²) >= 11 is 0. The molecule has 0 bridgehead atoms. The number of phenolic OH excluding ortho intramolecular Hbond substituents is 1. The van der Waals surface area contributed by atoms with Crippen LogP contribution in [0.5, 0.6) is 5.75 Å². The van der Waals surface area contributed by atoms with Gasteiger partial charge in [0, 0.05) is 17.3 Å². The van der Waals surface area contributed by atoms with Crippen LogP contribution in [0.25, 0.3) is 23.0 Å². The molecule has 1 N–H and O–H groups in total. The van der Waals surface area contributed by atoms with Crippen LogP contribution in [0.4, 0.5) is 0 Å². The van der Waals surface area contributed by atoms with Gasteiger partial charge in [-0.15, -0.1) is 0 Å². The molecule has 2 heterocycles. The third-order valence-corrected chi connectivity index (χ3v) is 2.77. The lowest BCUT2D eigenvalue weighted by Crippen LogP contribution is -1.87. The average molecular weight is 254 g/mol. The van der Waals surface area contributed by atoms with Crippen molar-refractivity contribution in [3.63, 3.8) is 0 Å². The minimum atomic E-state index is 0.194. The van der Waals surface area contributed by atoms with E-state index in [4.69, 9.17) is 4.52 Å². The van der Waals surface area contributed by atoms with E-state index in [9.17, 15) is 5.11 Å². The lowest BCUT2D eigenvalue weighted by Gasteiger charge is -2.01. The maximum atomic E-state index is 9.67. The van der Waals surface area contributed by atoms with Gasteiger partial charge in [-0.05, 0) is 25.1 Å². The molecule has 6 heteroatoms. The normalized spacial score (nSPS) is 10.6. The number of aromatic hydroxyl groups is 1. The number of aromatic nitrogens is 4. The van der Waals surface area contributed by atoms with Crippen molar-refractivity contribution in [3.05, 3.63) is 42.4 Å². The van der Waals surface area contributed by atoms with Gasteiger partial charge in [0.15, 0.2) is 0 Å². The molecule has 19 heavy (non-hydrogen) atoms. The van der Waals surface area contributed by atoms with Crippen LogP contribution >= 0.6 is 0 Å². The maximum Gasteiger partial charge on any atom is 0.258 e. The highest BCUT2D eigenvalue weighted by molar-refractivity contribution is 5.63. The van der Waals surface area contributed by atoms with Crippen LogP contribution in [0, 0.1) is 6.92 Å². The molecule has 0 spiro atoms. The Hall–Kier alpha value is -2.76. The molecule has 6 nitrogen and oxygen atoms in total. The second kappa shape index (κ2) is 4.49. The monoisotopic (exact) mass is 254 g/mol. The SMILES string of the molecule is Cc1c(O)cccc1-c1nc(-c2ccncn2)no1. The Morgan fingerprint density at radius 3 is 2.89 bits per heavy atom. The molecule has 3 rings (SSSR count). The summed E-state index contributed by atoms with van der Waals surface area (Å²) in [7, 11) is 0. The fourth-order valence-corrected chi connectivity index (χ4v) is 1.72. The average Bonchev–Trinajstić information content (AvgIpc) is 2.92. The molecule has 0 aliphatic rings. The van der Waals surface area contributed by atoms with Crippen molar-refractivity contribution in [2.45, 2.75) is 6.92 Å². The molecule has 1 aromatic carbocycles.